The van der Waals surface area contributed by atoms with Gasteiger partial charge in [0.25, 0.3) is 0 Å². The van der Waals surface area contributed by atoms with Crippen LogP contribution >= 0.6 is 0 Å². The maximum absolute atomic E-state index is 10.5. The first-order valence-corrected chi connectivity index (χ1v) is 4.09. The van der Waals surface area contributed by atoms with Crippen molar-refractivity contribution in [2.45, 2.75) is 13.5 Å². The lowest BCUT2D eigenvalue weighted by Gasteiger charge is -2.12. The van der Waals surface area contributed by atoms with Crippen molar-refractivity contribution in [3.05, 3.63) is 35.4 Å². The maximum atomic E-state index is 10.5. The number of rotatable bonds is 2. The van der Waals surface area contributed by atoms with Crippen molar-refractivity contribution in [3.63, 3.8) is 0 Å². The Morgan fingerprint density at radius 1 is 1.54 bits per heavy atom. The van der Waals surface area contributed by atoms with Crippen LogP contribution in [0, 0.1) is 6.92 Å². The zero-order valence-corrected chi connectivity index (χ0v) is 7.82. The van der Waals surface area contributed by atoms with E-state index in [4.69, 9.17) is 5.11 Å². The first kappa shape index (κ1) is 9.58. The van der Waals surface area contributed by atoms with E-state index < -0.39 is 6.09 Å². The summed E-state index contributed by atoms with van der Waals surface area (Å²) in [6.45, 7) is 2.43. The SMILES string of the molecule is Cc1cccc(CN(C)C(=O)O)c1. The highest BCUT2D eigenvalue weighted by atomic mass is 16.4. The van der Waals surface area contributed by atoms with Gasteiger partial charge in [-0.25, -0.2) is 4.79 Å². The number of benzene rings is 1. The summed E-state index contributed by atoms with van der Waals surface area (Å²) in [6, 6.07) is 7.83. The Morgan fingerprint density at radius 2 is 2.23 bits per heavy atom. The molecular weight excluding hydrogens is 166 g/mol. The van der Waals surface area contributed by atoms with E-state index >= 15 is 0 Å². The van der Waals surface area contributed by atoms with Crippen molar-refractivity contribution in [1.29, 1.82) is 0 Å². The predicted octanol–water partition coefficient (Wildman–Crippen LogP) is 2.10. The molecule has 0 aliphatic carbocycles. The Labute approximate surface area is 77.6 Å². The minimum atomic E-state index is -0.901. The number of amides is 1. The number of hydrogen-bond donors (Lipinski definition) is 1. The van der Waals surface area contributed by atoms with Crippen LogP contribution in [0.25, 0.3) is 0 Å². The summed E-state index contributed by atoms with van der Waals surface area (Å²) < 4.78 is 0. The molecule has 13 heavy (non-hydrogen) atoms. The molecular formula is C10H13NO2. The van der Waals surface area contributed by atoms with Gasteiger partial charge in [-0.15, -0.1) is 0 Å². The average molecular weight is 179 g/mol. The van der Waals surface area contributed by atoms with E-state index in [1.807, 2.05) is 31.2 Å². The first-order chi connectivity index (χ1) is 6.09. The van der Waals surface area contributed by atoms with Crippen LogP contribution in [0.4, 0.5) is 4.79 Å². The predicted molar refractivity (Wildman–Crippen MR) is 50.7 cm³/mol. The third kappa shape index (κ3) is 2.78. The Hall–Kier alpha value is -1.51. The van der Waals surface area contributed by atoms with E-state index in [0.717, 1.165) is 11.1 Å². The standard InChI is InChI=1S/C10H13NO2/c1-8-4-3-5-9(6-8)7-11(2)10(12)13/h3-6H,7H2,1-2H3,(H,12,13). The maximum Gasteiger partial charge on any atom is 0.407 e. The van der Waals surface area contributed by atoms with Crippen LogP contribution in [-0.2, 0) is 6.54 Å². The first-order valence-electron chi connectivity index (χ1n) is 4.09. The lowest BCUT2D eigenvalue weighted by molar-refractivity contribution is 0.153. The quantitative estimate of drug-likeness (QED) is 0.755. The Bertz CT molecular complexity index is 310. The van der Waals surface area contributed by atoms with Gasteiger partial charge in [0.1, 0.15) is 0 Å². The fourth-order valence-electron chi connectivity index (χ4n) is 1.15. The van der Waals surface area contributed by atoms with Gasteiger partial charge in [0.05, 0.1) is 0 Å². The summed E-state index contributed by atoms with van der Waals surface area (Å²) in [5.41, 5.74) is 2.17. The van der Waals surface area contributed by atoms with E-state index in [2.05, 4.69) is 0 Å². The van der Waals surface area contributed by atoms with Crippen LogP contribution < -0.4 is 0 Å². The molecule has 3 nitrogen and oxygen atoms in total. The van der Waals surface area contributed by atoms with Crippen molar-refractivity contribution >= 4 is 6.09 Å². The van der Waals surface area contributed by atoms with Gasteiger partial charge in [0.15, 0.2) is 0 Å². The van der Waals surface area contributed by atoms with E-state index in [1.165, 1.54) is 4.90 Å². The monoisotopic (exact) mass is 179 g/mol. The highest BCUT2D eigenvalue weighted by Gasteiger charge is 2.05. The molecule has 1 amide bonds. The van der Waals surface area contributed by atoms with Gasteiger partial charge in [-0.1, -0.05) is 29.8 Å². The minimum absolute atomic E-state index is 0.441. The van der Waals surface area contributed by atoms with Crippen LogP contribution in [0.5, 0.6) is 0 Å². The second-order valence-corrected chi connectivity index (χ2v) is 3.13. The molecule has 3 heteroatoms. The van der Waals surface area contributed by atoms with Crippen LogP contribution in [0.3, 0.4) is 0 Å². The van der Waals surface area contributed by atoms with E-state index in [0.29, 0.717) is 6.54 Å². The van der Waals surface area contributed by atoms with Gasteiger partial charge < -0.3 is 10.0 Å². The second-order valence-electron chi connectivity index (χ2n) is 3.13. The second kappa shape index (κ2) is 3.94. The van der Waals surface area contributed by atoms with Gasteiger partial charge in [-0.3, -0.25) is 0 Å². The van der Waals surface area contributed by atoms with Crippen molar-refractivity contribution in [3.8, 4) is 0 Å². The van der Waals surface area contributed by atoms with Gasteiger partial charge in [-0.2, -0.15) is 0 Å². The van der Waals surface area contributed by atoms with Crippen LogP contribution in [0.15, 0.2) is 24.3 Å². The number of hydrogen-bond acceptors (Lipinski definition) is 1. The lowest BCUT2D eigenvalue weighted by atomic mass is 10.1. The topological polar surface area (TPSA) is 40.5 Å². The molecule has 70 valence electrons. The molecule has 0 spiro atoms. The summed E-state index contributed by atoms with van der Waals surface area (Å²) in [6.07, 6.45) is -0.901. The van der Waals surface area contributed by atoms with Gasteiger partial charge in [0, 0.05) is 13.6 Å². The molecule has 0 aliphatic rings. The molecule has 1 rings (SSSR count). The average Bonchev–Trinajstić information content (AvgIpc) is 2.04. The van der Waals surface area contributed by atoms with Crippen LogP contribution in [-0.4, -0.2) is 23.1 Å². The highest BCUT2D eigenvalue weighted by Crippen LogP contribution is 2.06. The van der Waals surface area contributed by atoms with Gasteiger partial charge in [0.2, 0.25) is 0 Å². The number of carboxylic acid groups (broad SMARTS) is 1. The fourth-order valence-corrected chi connectivity index (χ4v) is 1.15. The molecule has 0 saturated heterocycles. The zero-order valence-electron chi connectivity index (χ0n) is 7.82. The van der Waals surface area contributed by atoms with Crippen molar-refractivity contribution in [2.75, 3.05) is 7.05 Å². The summed E-state index contributed by atoms with van der Waals surface area (Å²) in [5.74, 6) is 0. The molecule has 0 bridgehead atoms. The molecule has 0 atom stereocenters. The third-order valence-electron chi connectivity index (χ3n) is 1.83. The molecule has 0 aromatic heterocycles. The molecule has 0 unspecified atom stereocenters. The molecule has 1 aromatic carbocycles. The summed E-state index contributed by atoms with van der Waals surface area (Å²) >= 11 is 0. The van der Waals surface area contributed by atoms with Crippen molar-refractivity contribution < 1.29 is 9.90 Å². The van der Waals surface area contributed by atoms with E-state index in [-0.39, 0.29) is 0 Å². The smallest absolute Gasteiger partial charge is 0.407 e. The molecule has 0 fully saturated rings. The molecule has 1 aromatic rings. The lowest BCUT2D eigenvalue weighted by Crippen LogP contribution is -2.23. The number of carbonyl (C=O) groups is 1. The number of nitrogens with zero attached hydrogens (tertiary/aromatic N) is 1. The van der Waals surface area contributed by atoms with E-state index in [1.54, 1.807) is 7.05 Å². The van der Waals surface area contributed by atoms with Crippen LogP contribution in [0.1, 0.15) is 11.1 Å². The van der Waals surface area contributed by atoms with Crippen LogP contribution in [0.2, 0.25) is 0 Å². The molecule has 0 saturated carbocycles. The number of aryl methyl sites for hydroxylation is 1. The summed E-state index contributed by atoms with van der Waals surface area (Å²) in [7, 11) is 1.56. The molecule has 0 radical (unpaired) electrons. The zero-order chi connectivity index (χ0) is 9.84. The summed E-state index contributed by atoms with van der Waals surface area (Å²) in [4.78, 5) is 11.8. The van der Waals surface area contributed by atoms with E-state index in [9.17, 15) is 4.79 Å². The Balaban J connectivity index is 2.69. The molecule has 0 heterocycles. The van der Waals surface area contributed by atoms with Crippen molar-refractivity contribution in [2.24, 2.45) is 0 Å². The minimum Gasteiger partial charge on any atom is -0.465 e. The Morgan fingerprint density at radius 3 is 2.77 bits per heavy atom. The van der Waals surface area contributed by atoms with Gasteiger partial charge >= 0.3 is 6.09 Å². The summed E-state index contributed by atoms with van der Waals surface area (Å²) in [5, 5.41) is 8.64. The fraction of sp³-hybridized carbons (Fsp3) is 0.300. The Kier molecular flexibility index (Phi) is 2.90. The van der Waals surface area contributed by atoms with Gasteiger partial charge in [-0.05, 0) is 12.5 Å². The largest absolute Gasteiger partial charge is 0.465 e. The van der Waals surface area contributed by atoms with Crippen molar-refractivity contribution in [1.82, 2.24) is 4.90 Å². The highest BCUT2D eigenvalue weighted by molar-refractivity contribution is 5.64. The molecule has 1 N–H and O–H groups in total. The molecule has 0 aliphatic heterocycles. The third-order valence-corrected chi connectivity index (χ3v) is 1.83. The normalized spacial score (nSPS) is 9.69.